The summed E-state index contributed by atoms with van der Waals surface area (Å²) in [6, 6.07) is 10.5. The molecule has 0 spiro atoms. The Bertz CT molecular complexity index is 681. The van der Waals surface area contributed by atoms with Crippen LogP contribution in [0, 0.1) is 6.92 Å². The van der Waals surface area contributed by atoms with Crippen LogP contribution >= 0.6 is 11.3 Å². The highest BCUT2D eigenvalue weighted by atomic mass is 32.1. The van der Waals surface area contributed by atoms with E-state index in [2.05, 4.69) is 0 Å². The minimum atomic E-state index is -0.491. The third kappa shape index (κ3) is 3.04. The van der Waals surface area contributed by atoms with Crippen molar-refractivity contribution >= 4 is 23.2 Å². The van der Waals surface area contributed by atoms with E-state index in [-0.39, 0.29) is 11.9 Å². The van der Waals surface area contributed by atoms with Gasteiger partial charge < -0.3 is 9.64 Å². The summed E-state index contributed by atoms with van der Waals surface area (Å²) in [5.74, 6) is 0.0899. The van der Waals surface area contributed by atoms with Crippen molar-refractivity contribution in [3.63, 3.8) is 0 Å². The van der Waals surface area contributed by atoms with Crippen LogP contribution < -0.4 is 4.74 Å². The Morgan fingerprint density at radius 1 is 1.27 bits per heavy atom. The zero-order chi connectivity index (χ0) is 15.5. The van der Waals surface area contributed by atoms with Crippen molar-refractivity contribution in [1.82, 2.24) is 4.90 Å². The fourth-order valence-corrected chi connectivity index (χ4v) is 3.34. The molecule has 1 amide bonds. The molecular weight excluding hydrogens is 298 g/mol. The second kappa shape index (κ2) is 6.32. The normalized spacial score (nSPS) is 17.5. The average molecular weight is 315 g/mol. The summed E-state index contributed by atoms with van der Waals surface area (Å²) in [7, 11) is 0. The SMILES string of the molecule is Cc1cccc(OC(=O)C2CCCN2C(=O)c2cccs2)c1. The van der Waals surface area contributed by atoms with Crippen LogP contribution in [0.4, 0.5) is 0 Å². The topological polar surface area (TPSA) is 46.6 Å². The third-order valence-corrected chi connectivity index (χ3v) is 4.58. The predicted octanol–water partition coefficient (Wildman–Crippen LogP) is 3.27. The van der Waals surface area contributed by atoms with Gasteiger partial charge in [0.15, 0.2) is 0 Å². The predicted molar refractivity (Wildman–Crippen MR) is 85.2 cm³/mol. The summed E-state index contributed by atoms with van der Waals surface area (Å²) in [4.78, 5) is 27.1. The van der Waals surface area contributed by atoms with Gasteiger partial charge in [-0.1, -0.05) is 18.2 Å². The molecule has 22 heavy (non-hydrogen) atoms. The maximum Gasteiger partial charge on any atom is 0.334 e. The average Bonchev–Trinajstić information content (AvgIpc) is 3.18. The lowest BCUT2D eigenvalue weighted by atomic mass is 10.2. The van der Waals surface area contributed by atoms with Gasteiger partial charge in [0, 0.05) is 6.54 Å². The first-order valence-electron chi connectivity index (χ1n) is 7.28. The van der Waals surface area contributed by atoms with Gasteiger partial charge in [-0.3, -0.25) is 4.79 Å². The molecule has 3 rings (SSSR count). The number of carbonyl (C=O) groups is 2. The zero-order valence-electron chi connectivity index (χ0n) is 12.3. The number of hydrogen-bond donors (Lipinski definition) is 0. The van der Waals surface area contributed by atoms with Gasteiger partial charge in [0.2, 0.25) is 0 Å². The number of rotatable bonds is 3. The van der Waals surface area contributed by atoms with Gasteiger partial charge in [0.25, 0.3) is 5.91 Å². The molecule has 114 valence electrons. The molecule has 1 aromatic heterocycles. The van der Waals surface area contributed by atoms with E-state index in [1.807, 2.05) is 36.6 Å². The van der Waals surface area contributed by atoms with E-state index in [1.165, 1.54) is 11.3 Å². The highest BCUT2D eigenvalue weighted by Gasteiger charge is 2.36. The molecule has 1 aliphatic rings. The first kappa shape index (κ1) is 14.8. The van der Waals surface area contributed by atoms with E-state index in [0.717, 1.165) is 12.0 Å². The summed E-state index contributed by atoms with van der Waals surface area (Å²) in [6.45, 7) is 2.55. The molecule has 1 atom stereocenters. The molecule has 0 saturated carbocycles. The van der Waals surface area contributed by atoms with Crippen LogP contribution in [0.3, 0.4) is 0 Å². The number of thiophene rings is 1. The first-order valence-corrected chi connectivity index (χ1v) is 8.16. The molecule has 2 heterocycles. The van der Waals surface area contributed by atoms with E-state index in [1.54, 1.807) is 17.0 Å². The van der Waals surface area contributed by atoms with E-state index >= 15 is 0 Å². The van der Waals surface area contributed by atoms with Crippen LogP contribution in [0.15, 0.2) is 41.8 Å². The summed E-state index contributed by atoms with van der Waals surface area (Å²) in [5.41, 5.74) is 1.03. The van der Waals surface area contributed by atoms with Crippen molar-refractivity contribution in [2.75, 3.05) is 6.54 Å². The van der Waals surface area contributed by atoms with E-state index in [9.17, 15) is 9.59 Å². The van der Waals surface area contributed by atoms with Crippen molar-refractivity contribution in [3.05, 3.63) is 52.2 Å². The molecule has 0 radical (unpaired) electrons. The van der Waals surface area contributed by atoms with Crippen molar-refractivity contribution in [3.8, 4) is 5.75 Å². The molecule has 4 nitrogen and oxygen atoms in total. The molecule has 1 aromatic carbocycles. The molecular formula is C17H17NO3S. The van der Waals surface area contributed by atoms with Gasteiger partial charge in [-0.15, -0.1) is 11.3 Å². The minimum Gasteiger partial charge on any atom is -0.425 e. The highest BCUT2D eigenvalue weighted by Crippen LogP contribution is 2.24. The Morgan fingerprint density at radius 3 is 2.86 bits per heavy atom. The van der Waals surface area contributed by atoms with Crippen molar-refractivity contribution in [1.29, 1.82) is 0 Å². The molecule has 1 aliphatic heterocycles. The molecule has 0 aliphatic carbocycles. The van der Waals surface area contributed by atoms with Gasteiger partial charge in [-0.25, -0.2) is 4.79 Å². The summed E-state index contributed by atoms with van der Waals surface area (Å²) >= 11 is 1.39. The van der Waals surface area contributed by atoms with Crippen LogP contribution in [0.2, 0.25) is 0 Å². The lowest BCUT2D eigenvalue weighted by Gasteiger charge is -2.22. The lowest BCUT2D eigenvalue weighted by Crippen LogP contribution is -2.42. The fourth-order valence-electron chi connectivity index (χ4n) is 2.66. The van der Waals surface area contributed by atoms with Crippen molar-refractivity contribution in [2.24, 2.45) is 0 Å². The first-order chi connectivity index (χ1) is 10.6. The number of benzene rings is 1. The second-order valence-corrected chi connectivity index (χ2v) is 6.32. The number of likely N-dealkylation sites (tertiary alicyclic amines) is 1. The molecule has 2 aromatic rings. The fraction of sp³-hybridized carbons (Fsp3) is 0.294. The number of aryl methyl sites for hydroxylation is 1. The van der Waals surface area contributed by atoms with Crippen LogP contribution in [0.1, 0.15) is 28.1 Å². The monoisotopic (exact) mass is 315 g/mol. The summed E-state index contributed by atoms with van der Waals surface area (Å²) in [5, 5.41) is 1.86. The smallest absolute Gasteiger partial charge is 0.334 e. The molecule has 1 saturated heterocycles. The number of nitrogens with zero attached hydrogens (tertiary/aromatic N) is 1. The third-order valence-electron chi connectivity index (χ3n) is 3.73. The minimum absolute atomic E-state index is 0.0845. The van der Waals surface area contributed by atoms with Crippen LogP contribution in [0.25, 0.3) is 0 Å². The van der Waals surface area contributed by atoms with Gasteiger partial charge >= 0.3 is 5.97 Å². The van der Waals surface area contributed by atoms with Crippen molar-refractivity contribution in [2.45, 2.75) is 25.8 Å². The number of hydrogen-bond acceptors (Lipinski definition) is 4. The Morgan fingerprint density at radius 2 is 2.14 bits per heavy atom. The highest BCUT2D eigenvalue weighted by molar-refractivity contribution is 7.12. The quantitative estimate of drug-likeness (QED) is 0.645. The number of esters is 1. The van der Waals surface area contributed by atoms with E-state index in [0.29, 0.717) is 23.6 Å². The number of ether oxygens (including phenoxy) is 1. The number of amides is 1. The maximum atomic E-state index is 12.5. The molecule has 0 bridgehead atoms. The second-order valence-electron chi connectivity index (χ2n) is 5.37. The van der Waals surface area contributed by atoms with Crippen LogP contribution in [-0.4, -0.2) is 29.4 Å². The number of carbonyl (C=O) groups excluding carboxylic acids is 2. The summed E-state index contributed by atoms with van der Waals surface area (Å²) < 4.78 is 5.45. The maximum absolute atomic E-state index is 12.5. The molecule has 1 unspecified atom stereocenters. The van der Waals surface area contributed by atoms with Gasteiger partial charge in [0.1, 0.15) is 11.8 Å². The molecule has 5 heteroatoms. The Balaban J connectivity index is 1.72. The van der Waals surface area contributed by atoms with E-state index < -0.39 is 6.04 Å². The van der Waals surface area contributed by atoms with Crippen LogP contribution in [-0.2, 0) is 4.79 Å². The standard InChI is InChI=1S/C17H17NO3S/c1-12-5-2-6-13(11-12)21-17(20)14-7-3-9-18(14)16(19)15-8-4-10-22-15/h2,4-6,8,10-11,14H,3,7,9H2,1H3. The zero-order valence-corrected chi connectivity index (χ0v) is 13.1. The molecule has 0 N–H and O–H groups in total. The van der Waals surface area contributed by atoms with Gasteiger partial charge in [0.05, 0.1) is 4.88 Å². The summed E-state index contributed by atoms with van der Waals surface area (Å²) in [6.07, 6.45) is 1.48. The van der Waals surface area contributed by atoms with Gasteiger partial charge in [-0.2, -0.15) is 0 Å². The van der Waals surface area contributed by atoms with Gasteiger partial charge in [-0.05, 0) is 48.9 Å². The lowest BCUT2D eigenvalue weighted by molar-refractivity contribution is -0.138. The molecule has 1 fully saturated rings. The van der Waals surface area contributed by atoms with Crippen LogP contribution in [0.5, 0.6) is 5.75 Å². The Kier molecular flexibility index (Phi) is 4.24. The largest absolute Gasteiger partial charge is 0.425 e. The van der Waals surface area contributed by atoms with E-state index in [4.69, 9.17) is 4.74 Å². The Labute approximate surface area is 133 Å². The Hall–Kier alpha value is -2.14. The van der Waals surface area contributed by atoms with Crippen molar-refractivity contribution < 1.29 is 14.3 Å².